The maximum atomic E-state index is 12.5. The van der Waals surface area contributed by atoms with Crippen molar-refractivity contribution < 1.29 is 22.4 Å². The van der Waals surface area contributed by atoms with E-state index in [1.54, 1.807) is 12.1 Å². The largest absolute Gasteiger partial charge is 0.471 e. The Morgan fingerprint density at radius 1 is 1.16 bits per heavy atom. The molecule has 1 aromatic heterocycles. The number of anilines is 1. The fraction of sp³-hybridized carbons (Fsp3) is 0.222. The van der Waals surface area contributed by atoms with Crippen LogP contribution >= 0.6 is 0 Å². The molecule has 2 aromatic carbocycles. The molecule has 0 atom stereocenters. The molecule has 0 bridgehead atoms. The van der Waals surface area contributed by atoms with Gasteiger partial charge in [0.05, 0.1) is 0 Å². The summed E-state index contributed by atoms with van der Waals surface area (Å²) in [5.41, 5.74) is 3.25. The Hall–Kier alpha value is -2.83. The van der Waals surface area contributed by atoms with Gasteiger partial charge in [0.1, 0.15) is 5.52 Å². The van der Waals surface area contributed by atoms with Crippen LogP contribution in [-0.4, -0.2) is 24.1 Å². The quantitative estimate of drug-likeness (QED) is 0.696. The summed E-state index contributed by atoms with van der Waals surface area (Å²) in [5.74, 6) is -1.55. The van der Waals surface area contributed by atoms with Crippen LogP contribution in [0.15, 0.2) is 46.9 Å². The molecular weight excluding hydrogens is 333 g/mol. The fourth-order valence-corrected chi connectivity index (χ4v) is 2.45. The van der Waals surface area contributed by atoms with Crippen molar-refractivity contribution in [3.05, 3.63) is 48.0 Å². The van der Waals surface area contributed by atoms with Gasteiger partial charge in [-0.05, 0) is 48.4 Å². The summed E-state index contributed by atoms with van der Waals surface area (Å²) in [6, 6.07) is 11.7. The molecule has 1 heterocycles. The minimum absolute atomic E-state index is 0.135. The first-order valence-corrected chi connectivity index (χ1v) is 7.64. The molecule has 0 saturated heterocycles. The molecule has 0 aliphatic carbocycles. The van der Waals surface area contributed by atoms with Crippen molar-refractivity contribution in [1.29, 1.82) is 0 Å². The molecule has 0 aliphatic rings. The normalized spacial score (nSPS) is 11.7. The molecule has 3 rings (SSSR count). The number of oxazole rings is 1. The van der Waals surface area contributed by atoms with E-state index in [1.807, 2.05) is 25.1 Å². The summed E-state index contributed by atoms with van der Waals surface area (Å²) in [6.45, 7) is 2.04. The summed E-state index contributed by atoms with van der Waals surface area (Å²) in [4.78, 5) is 16.2. The Morgan fingerprint density at radius 2 is 1.84 bits per heavy atom. The van der Waals surface area contributed by atoms with E-state index in [0.717, 1.165) is 24.5 Å². The van der Waals surface area contributed by atoms with E-state index in [-0.39, 0.29) is 5.69 Å². The van der Waals surface area contributed by atoms with Crippen LogP contribution in [0, 0.1) is 0 Å². The van der Waals surface area contributed by atoms with E-state index in [4.69, 9.17) is 4.42 Å². The zero-order chi connectivity index (χ0) is 18.2. The molecule has 0 spiro atoms. The second kappa shape index (κ2) is 6.23. The number of nitrogens with zero attached hydrogens (tertiary/aromatic N) is 2. The SMILES string of the molecule is CCc1ccc2oc(-c3ccc(N(C)C(=O)C(F)(F)F)cc3)nc2c1. The van der Waals surface area contributed by atoms with Crippen LogP contribution in [0.3, 0.4) is 0 Å². The van der Waals surface area contributed by atoms with E-state index in [0.29, 0.717) is 21.9 Å². The lowest BCUT2D eigenvalue weighted by Crippen LogP contribution is -2.38. The van der Waals surface area contributed by atoms with E-state index in [1.165, 1.54) is 12.1 Å². The van der Waals surface area contributed by atoms with Crippen LogP contribution in [0.4, 0.5) is 18.9 Å². The number of hydrogen-bond donors (Lipinski definition) is 0. The second-order valence-corrected chi connectivity index (χ2v) is 5.58. The minimum Gasteiger partial charge on any atom is -0.436 e. The lowest BCUT2D eigenvalue weighted by molar-refractivity contribution is -0.170. The molecule has 25 heavy (non-hydrogen) atoms. The monoisotopic (exact) mass is 348 g/mol. The van der Waals surface area contributed by atoms with E-state index >= 15 is 0 Å². The zero-order valence-electron chi connectivity index (χ0n) is 13.6. The molecule has 0 aliphatic heterocycles. The predicted octanol–water partition coefficient (Wildman–Crippen LogP) is 4.58. The lowest BCUT2D eigenvalue weighted by Gasteiger charge is -2.18. The van der Waals surface area contributed by atoms with Gasteiger partial charge in [-0.3, -0.25) is 4.79 Å². The number of amides is 1. The number of aromatic nitrogens is 1. The van der Waals surface area contributed by atoms with Crippen LogP contribution in [0.5, 0.6) is 0 Å². The number of aryl methyl sites for hydroxylation is 1. The highest BCUT2D eigenvalue weighted by Crippen LogP contribution is 2.28. The Kier molecular flexibility index (Phi) is 4.24. The number of alkyl halides is 3. The van der Waals surface area contributed by atoms with E-state index in [9.17, 15) is 18.0 Å². The minimum atomic E-state index is -4.91. The predicted molar refractivity (Wildman–Crippen MR) is 88.3 cm³/mol. The highest BCUT2D eigenvalue weighted by Gasteiger charge is 2.41. The number of halogens is 3. The first-order chi connectivity index (χ1) is 11.8. The lowest BCUT2D eigenvalue weighted by atomic mass is 10.1. The van der Waals surface area contributed by atoms with Crippen LogP contribution in [0.2, 0.25) is 0 Å². The summed E-state index contributed by atoms with van der Waals surface area (Å²) in [6.07, 6.45) is -4.03. The standard InChI is InChI=1S/C18H15F3N2O2/c1-3-11-4-9-15-14(10-11)22-16(25-15)12-5-7-13(8-6-12)23(2)17(24)18(19,20)21/h4-10H,3H2,1-2H3. The summed E-state index contributed by atoms with van der Waals surface area (Å²) < 4.78 is 43.2. The van der Waals surface area contributed by atoms with Gasteiger partial charge in [-0.1, -0.05) is 13.0 Å². The molecule has 1 amide bonds. The van der Waals surface area contributed by atoms with Crippen LogP contribution < -0.4 is 4.90 Å². The topological polar surface area (TPSA) is 46.3 Å². The Labute approximate surface area is 141 Å². The number of benzene rings is 2. The zero-order valence-corrected chi connectivity index (χ0v) is 13.6. The van der Waals surface area contributed by atoms with Crippen molar-refractivity contribution >= 4 is 22.7 Å². The van der Waals surface area contributed by atoms with Gasteiger partial charge in [-0.15, -0.1) is 0 Å². The van der Waals surface area contributed by atoms with Gasteiger partial charge in [0, 0.05) is 18.3 Å². The average Bonchev–Trinajstić information content (AvgIpc) is 3.02. The summed E-state index contributed by atoms with van der Waals surface area (Å²) in [5, 5.41) is 0. The third-order valence-electron chi connectivity index (χ3n) is 3.91. The maximum absolute atomic E-state index is 12.5. The maximum Gasteiger partial charge on any atom is 0.471 e. The smallest absolute Gasteiger partial charge is 0.436 e. The van der Waals surface area contributed by atoms with E-state index < -0.39 is 12.1 Å². The third kappa shape index (κ3) is 3.35. The summed E-state index contributed by atoms with van der Waals surface area (Å²) in [7, 11) is 1.08. The molecule has 0 saturated carbocycles. The number of carbonyl (C=O) groups is 1. The van der Waals surface area contributed by atoms with Crippen molar-refractivity contribution in [2.24, 2.45) is 0 Å². The van der Waals surface area contributed by atoms with Crippen molar-refractivity contribution in [2.75, 3.05) is 11.9 Å². The van der Waals surface area contributed by atoms with Crippen LogP contribution in [0.1, 0.15) is 12.5 Å². The molecule has 0 fully saturated rings. The number of hydrogen-bond acceptors (Lipinski definition) is 3. The van der Waals surface area contributed by atoms with Gasteiger partial charge in [-0.25, -0.2) is 4.98 Å². The van der Waals surface area contributed by atoms with Crippen molar-refractivity contribution in [2.45, 2.75) is 19.5 Å². The number of fused-ring (bicyclic) bond motifs is 1. The first-order valence-electron chi connectivity index (χ1n) is 7.64. The van der Waals surface area contributed by atoms with Gasteiger partial charge >= 0.3 is 12.1 Å². The Morgan fingerprint density at radius 3 is 2.44 bits per heavy atom. The Bertz CT molecular complexity index is 914. The first kappa shape index (κ1) is 17.0. The van der Waals surface area contributed by atoms with Gasteiger partial charge in [0.15, 0.2) is 5.58 Å². The van der Waals surface area contributed by atoms with Crippen molar-refractivity contribution in [1.82, 2.24) is 4.98 Å². The molecule has 0 unspecified atom stereocenters. The number of rotatable bonds is 3. The van der Waals surface area contributed by atoms with Crippen LogP contribution in [0.25, 0.3) is 22.6 Å². The molecule has 130 valence electrons. The Balaban J connectivity index is 1.88. The van der Waals surface area contributed by atoms with Crippen LogP contribution in [-0.2, 0) is 11.2 Å². The highest BCUT2D eigenvalue weighted by molar-refractivity contribution is 5.97. The molecule has 0 radical (unpaired) electrons. The molecule has 0 N–H and O–H groups in total. The average molecular weight is 348 g/mol. The van der Waals surface area contributed by atoms with Crippen molar-refractivity contribution in [3.8, 4) is 11.5 Å². The van der Waals surface area contributed by atoms with Gasteiger partial charge in [0.2, 0.25) is 5.89 Å². The third-order valence-corrected chi connectivity index (χ3v) is 3.91. The summed E-state index contributed by atoms with van der Waals surface area (Å²) >= 11 is 0. The van der Waals surface area contributed by atoms with E-state index in [2.05, 4.69) is 4.98 Å². The highest BCUT2D eigenvalue weighted by atomic mass is 19.4. The fourth-order valence-electron chi connectivity index (χ4n) is 2.45. The number of carbonyl (C=O) groups excluding carboxylic acids is 1. The van der Waals surface area contributed by atoms with Gasteiger partial charge in [0.25, 0.3) is 0 Å². The second-order valence-electron chi connectivity index (χ2n) is 5.58. The van der Waals surface area contributed by atoms with Crippen molar-refractivity contribution in [3.63, 3.8) is 0 Å². The molecular formula is C18H15F3N2O2. The van der Waals surface area contributed by atoms with Gasteiger partial charge < -0.3 is 9.32 Å². The van der Waals surface area contributed by atoms with Gasteiger partial charge in [-0.2, -0.15) is 13.2 Å². The molecule has 7 heteroatoms. The molecule has 4 nitrogen and oxygen atoms in total. The molecule has 3 aromatic rings.